The molecule has 0 fully saturated rings. The van der Waals surface area contributed by atoms with Gasteiger partial charge in [0.1, 0.15) is 12.1 Å². The van der Waals surface area contributed by atoms with Crippen molar-refractivity contribution < 1.29 is 9.21 Å². The number of aromatic nitrogens is 3. The van der Waals surface area contributed by atoms with Crippen LogP contribution in [0.2, 0.25) is 0 Å². The zero-order valence-electron chi connectivity index (χ0n) is 13.5. The number of hydrogen-bond donors (Lipinski definition) is 1. The van der Waals surface area contributed by atoms with Crippen LogP contribution in [0.5, 0.6) is 0 Å². The molecule has 0 saturated carbocycles. The van der Waals surface area contributed by atoms with E-state index < -0.39 is 0 Å². The Morgan fingerprint density at radius 2 is 2.21 bits per heavy atom. The number of carbonyl (C=O) groups excluding carboxylic acids is 1. The van der Waals surface area contributed by atoms with Crippen LogP contribution in [0, 0.1) is 13.8 Å². The smallest absolute Gasteiger partial charge is 0.234 e. The summed E-state index contributed by atoms with van der Waals surface area (Å²) in [6.07, 6.45) is 3.26. The Labute approximate surface area is 144 Å². The van der Waals surface area contributed by atoms with Gasteiger partial charge in [-0.3, -0.25) is 4.79 Å². The number of aryl methyl sites for hydroxylation is 2. The fraction of sp³-hybridized carbons (Fsp3) is 0.235. The summed E-state index contributed by atoms with van der Waals surface area (Å²) >= 11 is 1.35. The van der Waals surface area contributed by atoms with Crippen LogP contribution in [0.1, 0.15) is 16.9 Å². The maximum Gasteiger partial charge on any atom is 0.234 e. The van der Waals surface area contributed by atoms with E-state index in [0.29, 0.717) is 11.7 Å². The van der Waals surface area contributed by atoms with Gasteiger partial charge in [-0.25, -0.2) is 0 Å². The summed E-state index contributed by atoms with van der Waals surface area (Å²) in [6.45, 7) is 4.52. The van der Waals surface area contributed by atoms with E-state index in [-0.39, 0.29) is 11.7 Å². The number of nitrogens with zero attached hydrogens (tertiary/aromatic N) is 3. The number of nitrogens with one attached hydrogen (secondary N) is 1. The average molecular weight is 342 g/mol. The summed E-state index contributed by atoms with van der Waals surface area (Å²) in [5.74, 6) is 1.02. The molecule has 0 bridgehead atoms. The zero-order valence-corrected chi connectivity index (χ0v) is 14.3. The minimum absolute atomic E-state index is 0.0683. The maximum atomic E-state index is 12.2. The first-order valence-electron chi connectivity index (χ1n) is 7.52. The van der Waals surface area contributed by atoms with Crippen LogP contribution in [-0.4, -0.2) is 26.4 Å². The van der Waals surface area contributed by atoms with Crippen molar-refractivity contribution in [3.63, 3.8) is 0 Å². The fourth-order valence-electron chi connectivity index (χ4n) is 2.22. The van der Waals surface area contributed by atoms with Crippen LogP contribution in [-0.2, 0) is 11.3 Å². The largest absolute Gasteiger partial charge is 0.467 e. The standard InChI is InChI=1S/C17H18N4O2S/c1-12-5-6-13(2)15(8-12)19-16(22)10-24-17-20-18-11-21(17)9-14-4-3-7-23-14/h3-8,11H,9-10H2,1-2H3,(H,19,22). The van der Waals surface area contributed by atoms with Gasteiger partial charge in [0.25, 0.3) is 0 Å². The molecule has 1 N–H and O–H groups in total. The van der Waals surface area contributed by atoms with Crippen LogP contribution < -0.4 is 5.32 Å². The van der Waals surface area contributed by atoms with Gasteiger partial charge in [-0.1, -0.05) is 23.9 Å². The van der Waals surface area contributed by atoms with E-state index in [1.54, 1.807) is 12.6 Å². The Balaban J connectivity index is 1.59. The predicted molar refractivity (Wildman–Crippen MR) is 93.1 cm³/mol. The third-order valence-electron chi connectivity index (χ3n) is 3.49. The Morgan fingerprint density at radius 1 is 1.33 bits per heavy atom. The lowest BCUT2D eigenvalue weighted by molar-refractivity contribution is -0.113. The molecule has 0 aliphatic rings. The van der Waals surface area contributed by atoms with E-state index in [1.165, 1.54) is 11.8 Å². The zero-order chi connectivity index (χ0) is 16.9. The van der Waals surface area contributed by atoms with E-state index in [9.17, 15) is 4.79 Å². The highest BCUT2D eigenvalue weighted by Gasteiger charge is 2.11. The molecule has 0 radical (unpaired) electrons. The van der Waals surface area contributed by atoms with E-state index >= 15 is 0 Å². The summed E-state index contributed by atoms with van der Waals surface area (Å²) < 4.78 is 7.18. The van der Waals surface area contributed by atoms with E-state index in [4.69, 9.17) is 4.42 Å². The van der Waals surface area contributed by atoms with Crippen molar-refractivity contribution in [2.75, 3.05) is 11.1 Å². The van der Waals surface area contributed by atoms with Crippen LogP contribution >= 0.6 is 11.8 Å². The molecule has 124 valence electrons. The Bertz CT molecular complexity index is 827. The molecule has 0 saturated heterocycles. The van der Waals surface area contributed by atoms with Gasteiger partial charge in [0.15, 0.2) is 5.16 Å². The van der Waals surface area contributed by atoms with Crippen molar-refractivity contribution in [2.24, 2.45) is 0 Å². The first-order chi connectivity index (χ1) is 11.6. The number of hydrogen-bond acceptors (Lipinski definition) is 5. The summed E-state index contributed by atoms with van der Waals surface area (Å²) in [5.41, 5.74) is 3.00. The molecule has 2 aromatic heterocycles. The van der Waals surface area contributed by atoms with Gasteiger partial charge in [0.2, 0.25) is 5.91 Å². The second kappa shape index (κ2) is 7.35. The van der Waals surface area contributed by atoms with Crippen LogP contribution in [0.3, 0.4) is 0 Å². The highest BCUT2D eigenvalue weighted by molar-refractivity contribution is 7.99. The lowest BCUT2D eigenvalue weighted by Gasteiger charge is -2.09. The first-order valence-corrected chi connectivity index (χ1v) is 8.50. The number of rotatable bonds is 6. The number of carbonyl (C=O) groups is 1. The minimum atomic E-state index is -0.0683. The Kier molecular flexibility index (Phi) is 5.00. The molecule has 0 aliphatic carbocycles. The molecule has 1 aromatic carbocycles. The molecule has 2 heterocycles. The third-order valence-corrected chi connectivity index (χ3v) is 4.47. The number of furan rings is 1. The number of anilines is 1. The number of benzene rings is 1. The average Bonchev–Trinajstić information content (AvgIpc) is 3.21. The molecule has 24 heavy (non-hydrogen) atoms. The van der Waals surface area contributed by atoms with Gasteiger partial charge >= 0.3 is 0 Å². The summed E-state index contributed by atoms with van der Waals surface area (Å²) in [5, 5.41) is 11.6. The molecule has 0 unspecified atom stereocenters. The van der Waals surface area contributed by atoms with Crippen LogP contribution in [0.4, 0.5) is 5.69 Å². The second-order valence-electron chi connectivity index (χ2n) is 5.48. The molecule has 0 spiro atoms. The van der Waals surface area contributed by atoms with Crippen molar-refractivity contribution >= 4 is 23.4 Å². The molecule has 6 nitrogen and oxygen atoms in total. The van der Waals surface area contributed by atoms with Crippen LogP contribution in [0.15, 0.2) is 52.5 Å². The normalized spacial score (nSPS) is 10.8. The van der Waals surface area contributed by atoms with Gasteiger partial charge in [0.05, 0.1) is 18.6 Å². The van der Waals surface area contributed by atoms with Gasteiger partial charge in [0, 0.05) is 5.69 Å². The highest BCUT2D eigenvalue weighted by atomic mass is 32.2. The highest BCUT2D eigenvalue weighted by Crippen LogP contribution is 2.19. The molecule has 3 aromatic rings. The van der Waals surface area contributed by atoms with Crippen molar-refractivity contribution in [2.45, 2.75) is 25.5 Å². The van der Waals surface area contributed by atoms with E-state index in [0.717, 1.165) is 22.6 Å². The molecular formula is C17H18N4O2S. The topological polar surface area (TPSA) is 73.0 Å². The Hall–Kier alpha value is -2.54. The maximum absolute atomic E-state index is 12.2. The SMILES string of the molecule is Cc1ccc(C)c(NC(=O)CSc2nncn2Cc2ccco2)c1. The lowest BCUT2D eigenvalue weighted by Crippen LogP contribution is -2.15. The van der Waals surface area contributed by atoms with E-state index in [2.05, 4.69) is 15.5 Å². The number of amides is 1. The monoisotopic (exact) mass is 342 g/mol. The fourth-order valence-corrected chi connectivity index (χ4v) is 2.94. The molecule has 1 amide bonds. The molecule has 0 atom stereocenters. The van der Waals surface area contributed by atoms with Gasteiger partial charge in [-0.15, -0.1) is 10.2 Å². The van der Waals surface area contributed by atoms with Gasteiger partial charge < -0.3 is 14.3 Å². The van der Waals surface area contributed by atoms with Crippen molar-refractivity contribution in [3.8, 4) is 0 Å². The molecule has 3 rings (SSSR count). The quantitative estimate of drug-likeness (QED) is 0.696. The van der Waals surface area contributed by atoms with Gasteiger partial charge in [-0.2, -0.15) is 0 Å². The molecular weight excluding hydrogens is 324 g/mol. The predicted octanol–water partition coefficient (Wildman–Crippen LogP) is 3.27. The summed E-state index contributed by atoms with van der Waals surface area (Å²) in [7, 11) is 0. The summed E-state index contributed by atoms with van der Waals surface area (Å²) in [4.78, 5) is 12.2. The lowest BCUT2D eigenvalue weighted by atomic mass is 10.1. The summed E-state index contributed by atoms with van der Waals surface area (Å²) in [6, 6.07) is 9.72. The number of thioether (sulfide) groups is 1. The Morgan fingerprint density at radius 3 is 3.00 bits per heavy atom. The minimum Gasteiger partial charge on any atom is -0.467 e. The van der Waals surface area contributed by atoms with Crippen molar-refractivity contribution in [1.82, 2.24) is 14.8 Å². The van der Waals surface area contributed by atoms with Crippen molar-refractivity contribution in [3.05, 3.63) is 59.8 Å². The molecule has 0 aliphatic heterocycles. The van der Waals surface area contributed by atoms with Gasteiger partial charge in [-0.05, 0) is 43.2 Å². The third kappa shape index (κ3) is 4.05. The van der Waals surface area contributed by atoms with E-state index in [1.807, 2.05) is 48.7 Å². The second-order valence-corrected chi connectivity index (χ2v) is 6.42. The van der Waals surface area contributed by atoms with Crippen molar-refractivity contribution in [1.29, 1.82) is 0 Å². The first kappa shape index (κ1) is 16.3. The van der Waals surface area contributed by atoms with Crippen LogP contribution in [0.25, 0.3) is 0 Å². The molecule has 7 heteroatoms.